The monoisotopic (exact) mass is 866 g/mol. The van der Waals surface area contributed by atoms with E-state index in [0.717, 1.165) is 24.3 Å². The fourth-order valence-corrected chi connectivity index (χ4v) is 8.10. The van der Waals surface area contributed by atoms with Gasteiger partial charge in [-0.05, 0) is 48.5 Å². The van der Waals surface area contributed by atoms with E-state index in [4.69, 9.17) is 24.6 Å². The maximum atomic E-state index is 12.7. The number of hydrogen-bond acceptors (Lipinski definition) is 24. The first-order valence-electron chi connectivity index (χ1n) is 13.5. The maximum absolute atomic E-state index is 12.7. The molecule has 0 aliphatic rings. The summed E-state index contributed by atoms with van der Waals surface area (Å²) >= 11 is 0.242. The van der Waals surface area contributed by atoms with Crippen LogP contribution in [0.25, 0.3) is 0 Å². The smallest absolute Gasteiger partial charge is 0.296 e. The highest BCUT2D eigenvalue weighted by atomic mass is 32.2. The van der Waals surface area contributed by atoms with E-state index in [-0.39, 0.29) is 47.4 Å². The minimum atomic E-state index is -5.08. The van der Waals surface area contributed by atoms with Crippen molar-refractivity contribution in [1.82, 2.24) is 0 Å². The molecule has 0 saturated carbocycles. The number of azo groups is 2. The summed E-state index contributed by atoms with van der Waals surface area (Å²) in [5.41, 5.74) is 4.91. The lowest BCUT2D eigenvalue weighted by Gasteiger charge is -2.10. The first kappa shape index (κ1) is 44.0. The van der Waals surface area contributed by atoms with E-state index in [1.807, 2.05) is 0 Å². The normalized spacial score (nSPS) is 12.9. The van der Waals surface area contributed by atoms with Crippen LogP contribution in [0.2, 0.25) is 0 Å². The Morgan fingerprint density at radius 3 is 1.45 bits per heavy atom. The second-order valence-corrected chi connectivity index (χ2v) is 17.5. The Morgan fingerprint density at radius 1 is 0.642 bits per heavy atom. The quantitative estimate of drug-likeness (QED) is 0.0166. The molecule has 0 amide bonds. The number of nitrogens with one attached hydrogen (secondary N) is 1. The number of sulfone groups is 2. The Kier molecular flexibility index (Phi) is 16.0. The number of nitrogens with two attached hydrogens (primary N) is 1. The van der Waals surface area contributed by atoms with E-state index in [9.17, 15) is 42.8 Å². The molecule has 3 aromatic carbocycles. The van der Waals surface area contributed by atoms with Crippen LogP contribution < -0.4 is 11.1 Å². The maximum Gasteiger partial charge on any atom is 0.296 e. The average Bonchev–Trinajstić information content (AvgIpc) is 3.09. The van der Waals surface area contributed by atoms with Crippen LogP contribution in [0.15, 0.2) is 88.6 Å². The van der Waals surface area contributed by atoms with Crippen LogP contribution in [-0.4, -0.2) is 85.1 Å². The van der Waals surface area contributed by atoms with Crippen LogP contribution in [0.5, 0.6) is 0 Å². The summed E-state index contributed by atoms with van der Waals surface area (Å²) in [4.78, 5) is -2.96. The molecule has 0 heterocycles. The molecular weight excluding hydrogens is 841 g/mol. The number of nitrogen functional groups attached to an aromatic ring is 1. The Morgan fingerprint density at radius 2 is 1.06 bits per heavy atom. The molecule has 0 fully saturated rings. The average molecular weight is 867 g/mol. The van der Waals surface area contributed by atoms with Gasteiger partial charge in [0, 0.05) is 7.05 Å². The summed E-state index contributed by atoms with van der Waals surface area (Å²) in [5, 5.41) is 40.9. The van der Waals surface area contributed by atoms with Gasteiger partial charge in [0.25, 0.3) is 20.2 Å². The number of nitrogens with zero attached hydrogens (tertiary/aromatic N) is 4. The summed E-state index contributed by atoms with van der Waals surface area (Å²) in [7, 11) is -17.1. The van der Waals surface area contributed by atoms with E-state index in [1.165, 1.54) is 19.2 Å². The van der Waals surface area contributed by atoms with Gasteiger partial charge >= 0.3 is 0 Å². The highest BCUT2D eigenvalue weighted by Gasteiger charge is 2.24. The number of benzene rings is 3. The van der Waals surface area contributed by atoms with Crippen molar-refractivity contribution in [3.05, 3.63) is 48.5 Å². The highest BCUT2D eigenvalue weighted by Crippen LogP contribution is 2.38. The number of anilines is 2. The zero-order chi connectivity index (χ0) is 39.5. The first-order valence-corrected chi connectivity index (χ1v) is 21.0. The van der Waals surface area contributed by atoms with Crippen molar-refractivity contribution in [2.45, 2.75) is 19.6 Å². The van der Waals surface area contributed by atoms with Gasteiger partial charge in [-0.3, -0.25) is 17.5 Å². The van der Waals surface area contributed by atoms with Gasteiger partial charge in [0.05, 0.1) is 45.9 Å². The van der Waals surface area contributed by atoms with Gasteiger partial charge in [0.15, 0.2) is 44.3 Å². The molecule has 3 rings (SSSR count). The van der Waals surface area contributed by atoms with E-state index in [0.29, 0.717) is 12.1 Å². The molecule has 0 atom stereocenters. The topological polar surface area (TPSA) is 360 Å². The molecule has 292 valence electrons. The van der Waals surface area contributed by atoms with Crippen molar-refractivity contribution in [2.75, 3.05) is 42.8 Å². The second kappa shape index (κ2) is 19.2. The predicted octanol–water partition coefficient (Wildman–Crippen LogP) is 4.18. The van der Waals surface area contributed by atoms with Crippen molar-refractivity contribution in [3.8, 4) is 0 Å². The highest BCUT2D eigenvalue weighted by molar-refractivity contribution is 7.92. The van der Waals surface area contributed by atoms with Gasteiger partial charge in [-0.25, -0.2) is 27.4 Å². The minimum Gasteiger partial charge on any atom is -0.397 e. The molecule has 0 radical (unpaired) electrons. The third-order valence-corrected chi connectivity index (χ3v) is 12.0. The van der Waals surface area contributed by atoms with E-state index >= 15 is 0 Å². The van der Waals surface area contributed by atoms with Crippen LogP contribution in [0.4, 0.5) is 34.1 Å². The Bertz CT molecular complexity index is 2270. The Balaban J connectivity index is 1.97. The number of rotatable bonds is 21. The van der Waals surface area contributed by atoms with E-state index in [2.05, 4.69) is 44.5 Å². The lowest BCUT2D eigenvalue weighted by atomic mass is 10.2. The fraction of sp³-hybridized carbons (Fsp3) is 0.217. The van der Waals surface area contributed by atoms with Crippen LogP contribution in [0.1, 0.15) is 0 Å². The molecule has 53 heavy (non-hydrogen) atoms. The Labute approximate surface area is 309 Å². The minimum absolute atomic E-state index is 0.0656. The van der Waals surface area contributed by atoms with Gasteiger partial charge in [0.1, 0.15) is 32.5 Å². The van der Waals surface area contributed by atoms with Gasteiger partial charge in [-0.1, -0.05) is 10.1 Å². The standard InChI is InChI=1S/C23H26N6O18S6/c1-25-20-12-16(24)19(28-26-17-4-2-14(10-22(17)52(36,37)38)50(32,33)8-6-42-48-46-44-30)13-21(20)29-27-18-5-3-15(11-23(18)53(39,40)41)51(34,35)9-7-43-49-47-45-31/h2-5,10-13,25,30-31H,6-9,24H2,1H3,(H,36,37,38)(H,39,40,41). The Hall–Kier alpha value is -3.44. The largest absolute Gasteiger partial charge is 0.397 e. The van der Waals surface area contributed by atoms with Crippen molar-refractivity contribution in [1.29, 1.82) is 0 Å². The van der Waals surface area contributed by atoms with E-state index in [1.54, 1.807) is 0 Å². The number of hydrogen-bond donors (Lipinski definition) is 6. The summed E-state index contributed by atoms with van der Waals surface area (Å²) in [6.45, 7) is -0.969. The van der Waals surface area contributed by atoms with Gasteiger partial charge in [0.2, 0.25) is 0 Å². The summed E-state index contributed by atoms with van der Waals surface area (Å²) in [6.07, 6.45) is 0. The molecule has 0 aliphatic carbocycles. The molecule has 0 aromatic heterocycles. The molecule has 0 bridgehead atoms. The van der Waals surface area contributed by atoms with Crippen LogP contribution in [0, 0.1) is 0 Å². The molecule has 30 heteroatoms. The molecule has 0 unspecified atom stereocenters. The molecule has 24 nitrogen and oxygen atoms in total. The zero-order valence-electron chi connectivity index (χ0n) is 26.3. The summed E-state index contributed by atoms with van der Waals surface area (Å²) < 4.78 is 136. The molecule has 0 spiro atoms. The lowest BCUT2D eigenvalue weighted by molar-refractivity contribution is -0.434. The van der Waals surface area contributed by atoms with Crippen LogP contribution >= 0.6 is 24.6 Å². The third-order valence-electron chi connectivity index (χ3n) is 6.17. The predicted molar refractivity (Wildman–Crippen MR) is 182 cm³/mol. The fourth-order valence-electron chi connectivity index (χ4n) is 3.79. The van der Waals surface area contributed by atoms with Gasteiger partial charge < -0.3 is 11.1 Å². The van der Waals surface area contributed by atoms with Gasteiger partial charge in [-0.15, -0.1) is 29.1 Å². The van der Waals surface area contributed by atoms with Gasteiger partial charge in [-0.2, -0.15) is 16.8 Å². The molecule has 7 N–H and O–H groups in total. The molecule has 0 saturated heterocycles. The van der Waals surface area contributed by atoms with Crippen LogP contribution in [-0.2, 0) is 67.0 Å². The molecule has 0 aliphatic heterocycles. The van der Waals surface area contributed by atoms with Crippen molar-refractivity contribution >= 4 is 98.7 Å². The van der Waals surface area contributed by atoms with Crippen LogP contribution in [0.3, 0.4) is 0 Å². The molecule has 3 aromatic rings. The second-order valence-electron chi connectivity index (χ2n) is 9.49. The zero-order valence-corrected chi connectivity index (χ0v) is 31.2. The van der Waals surface area contributed by atoms with Crippen molar-refractivity contribution in [2.24, 2.45) is 20.5 Å². The molecular formula is C23H26N6O18S6. The summed E-state index contributed by atoms with van der Waals surface area (Å²) in [5.74, 6) is -1.37. The van der Waals surface area contributed by atoms with Crippen molar-refractivity contribution in [3.63, 3.8) is 0 Å². The lowest BCUT2D eigenvalue weighted by Crippen LogP contribution is -2.12. The summed E-state index contributed by atoms with van der Waals surface area (Å²) in [6, 6.07) is 7.57. The van der Waals surface area contributed by atoms with E-state index < -0.39 is 95.6 Å². The third kappa shape index (κ3) is 12.8. The first-order chi connectivity index (χ1) is 24.8. The SMILES string of the molecule is CNc1cc(N)c(N=Nc2ccc(S(=O)(=O)CCOSOOO)cc2S(=O)(=O)O)cc1N=Nc1ccc(S(=O)(=O)CCOSOOO)cc1S(=O)(=O)O. The van der Waals surface area contributed by atoms with Crippen molar-refractivity contribution < 1.29 is 80.4 Å².